The Kier molecular flexibility index (Phi) is 11.1. The lowest BCUT2D eigenvalue weighted by molar-refractivity contribution is 0.0676. The molecule has 0 bridgehead atoms. The van der Waals surface area contributed by atoms with Gasteiger partial charge in [-0.25, -0.2) is 4.99 Å². The molecule has 0 saturated carbocycles. The van der Waals surface area contributed by atoms with Gasteiger partial charge in [-0.05, 0) is 63.3 Å². The zero-order valence-electron chi connectivity index (χ0n) is 18.8. The Morgan fingerprint density at radius 2 is 2.10 bits per heavy atom. The normalized spacial score (nSPS) is 16.0. The fraction of sp³-hybridized carbons (Fsp3) is 0.500. The molecule has 0 amide bonds. The third-order valence-electron chi connectivity index (χ3n) is 5.10. The minimum absolute atomic E-state index is 0. The summed E-state index contributed by atoms with van der Waals surface area (Å²) < 4.78 is 11.8. The van der Waals surface area contributed by atoms with Crippen LogP contribution in [0.4, 0.5) is 0 Å². The molecule has 1 aliphatic rings. The summed E-state index contributed by atoms with van der Waals surface area (Å²) in [6.07, 6.45) is 5.24. The molecule has 0 spiro atoms. The molecule has 1 aromatic carbocycles. The molecule has 170 valence electrons. The van der Waals surface area contributed by atoms with Crippen molar-refractivity contribution in [3.05, 3.63) is 58.9 Å². The van der Waals surface area contributed by atoms with Crippen molar-refractivity contribution in [2.45, 2.75) is 52.7 Å². The van der Waals surface area contributed by atoms with Gasteiger partial charge in [-0.2, -0.15) is 0 Å². The zero-order valence-corrected chi connectivity index (χ0v) is 21.1. The summed E-state index contributed by atoms with van der Waals surface area (Å²) in [5.41, 5.74) is 4.52. The number of nitrogens with zero attached hydrogens (tertiary/aromatic N) is 2. The van der Waals surface area contributed by atoms with E-state index in [0.29, 0.717) is 13.2 Å². The molecule has 1 fully saturated rings. The lowest BCUT2D eigenvalue weighted by Crippen LogP contribution is -2.38. The van der Waals surface area contributed by atoms with Crippen LogP contribution in [-0.4, -0.2) is 43.4 Å². The van der Waals surface area contributed by atoms with Crippen LogP contribution in [0, 0.1) is 13.8 Å². The van der Waals surface area contributed by atoms with Crippen molar-refractivity contribution in [2.24, 2.45) is 4.99 Å². The van der Waals surface area contributed by atoms with Crippen molar-refractivity contribution in [2.75, 3.05) is 26.3 Å². The second-order valence-electron chi connectivity index (χ2n) is 7.74. The molecule has 2 aromatic rings. The zero-order chi connectivity index (χ0) is 21.2. The minimum Gasteiger partial charge on any atom is -0.491 e. The van der Waals surface area contributed by atoms with Crippen LogP contribution in [0.5, 0.6) is 5.75 Å². The van der Waals surface area contributed by atoms with Gasteiger partial charge in [0, 0.05) is 37.2 Å². The molecular weight excluding hydrogens is 503 g/mol. The van der Waals surface area contributed by atoms with Crippen LogP contribution >= 0.6 is 24.0 Å². The van der Waals surface area contributed by atoms with E-state index in [1.807, 2.05) is 19.2 Å². The lowest BCUT2D eigenvalue weighted by atomic mass is 10.1. The number of aryl methyl sites for hydroxylation is 2. The third-order valence-corrected chi connectivity index (χ3v) is 5.10. The molecule has 1 aromatic heterocycles. The summed E-state index contributed by atoms with van der Waals surface area (Å²) in [6.45, 7) is 9.77. The van der Waals surface area contributed by atoms with E-state index < -0.39 is 0 Å². The summed E-state index contributed by atoms with van der Waals surface area (Å²) in [4.78, 5) is 9.12. The molecule has 6 nitrogen and oxygen atoms in total. The standard InChI is InChI=1S/C24H34N4O2.HI/c1-4-25-24(26-12-11-20-9-8-19(3)27-15-20)28-16-21-10-7-18(2)14-23(21)30-17-22-6-5-13-29-22;/h7-10,14-15,22H,4-6,11-13,16-17H2,1-3H3,(H2,25,26,28);1H. The van der Waals surface area contributed by atoms with Gasteiger partial charge in [0.1, 0.15) is 12.4 Å². The quantitative estimate of drug-likeness (QED) is 0.285. The molecule has 2 N–H and O–H groups in total. The van der Waals surface area contributed by atoms with Crippen LogP contribution in [-0.2, 0) is 17.7 Å². The van der Waals surface area contributed by atoms with Gasteiger partial charge in [-0.15, -0.1) is 24.0 Å². The Morgan fingerprint density at radius 1 is 1.23 bits per heavy atom. The van der Waals surface area contributed by atoms with Crippen LogP contribution < -0.4 is 15.4 Å². The Hall–Kier alpha value is -1.87. The number of hydrogen-bond donors (Lipinski definition) is 2. The van der Waals surface area contributed by atoms with Gasteiger partial charge in [0.15, 0.2) is 5.96 Å². The van der Waals surface area contributed by atoms with Gasteiger partial charge >= 0.3 is 0 Å². The van der Waals surface area contributed by atoms with E-state index in [4.69, 9.17) is 14.5 Å². The number of benzene rings is 1. The molecule has 0 aliphatic carbocycles. The average molecular weight is 538 g/mol. The summed E-state index contributed by atoms with van der Waals surface area (Å²) in [6, 6.07) is 10.5. The third kappa shape index (κ3) is 8.65. The van der Waals surface area contributed by atoms with Gasteiger partial charge in [-0.1, -0.05) is 18.2 Å². The van der Waals surface area contributed by atoms with E-state index in [0.717, 1.165) is 61.9 Å². The first-order chi connectivity index (χ1) is 14.6. The molecule has 0 radical (unpaired) electrons. The highest BCUT2D eigenvalue weighted by atomic mass is 127. The maximum atomic E-state index is 6.10. The van der Waals surface area contributed by atoms with Crippen molar-refractivity contribution >= 4 is 29.9 Å². The fourth-order valence-corrected chi connectivity index (χ4v) is 3.36. The van der Waals surface area contributed by atoms with Crippen molar-refractivity contribution in [3.63, 3.8) is 0 Å². The predicted molar refractivity (Wildman–Crippen MR) is 137 cm³/mol. The Labute approximate surface area is 203 Å². The number of pyridine rings is 1. The maximum Gasteiger partial charge on any atom is 0.191 e. The predicted octanol–water partition coefficient (Wildman–Crippen LogP) is 4.17. The number of aromatic nitrogens is 1. The first-order valence-corrected chi connectivity index (χ1v) is 10.9. The van der Waals surface area contributed by atoms with Crippen molar-refractivity contribution in [3.8, 4) is 5.75 Å². The summed E-state index contributed by atoms with van der Waals surface area (Å²) >= 11 is 0. The first kappa shape index (κ1) is 25.4. The molecule has 2 heterocycles. The van der Waals surface area contributed by atoms with Crippen molar-refractivity contribution in [1.29, 1.82) is 0 Å². The molecular formula is C24H35IN4O2. The number of aliphatic imine (C=N–C) groups is 1. The minimum atomic E-state index is 0. The molecule has 3 rings (SSSR count). The highest BCUT2D eigenvalue weighted by Crippen LogP contribution is 2.23. The van der Waals surface area contributed by atoms with Crippen LogP contribution in [0.15, 0.2) is 41.5 Å². The maximum absolute atomic E-state index is 6.10. The number of rotatable bonds is 9. The topological polar surface area (TPSA) is 67.8 Å². The van der Waals surface area contributed by atoms with Gasteiger partial charge < -0.3 is 20.1 Å². The Morgan fingerprint density at radius 3 is 2.81 bits per heavy atom. The Balaban J connectivity index is 0.00000341. The molecule has 1 atom stereocenters. The monoisotopic (exact) mass is 538 g/mol. The van der Waals surface area contributed by atoms with Crippen LogP contribution in [0.1, 0.15) is 42.1 Å². The van der Waals surface area contributed by atoms with E-state index in [9.17, 15) is 0 Å². The highest BCUT2D eigenvalue weighted by Gasteiger charge is 2.17. The summed E-state index contributed by atoms with van der Waals surface area (Å²) in [5, 5.41) is 6.73. The molecule has 1 aliphatic heterocycles. The first-order valence-electron chi connectivity index (χ1n) is 10.9. The molecule has 1 saturated heterocycles. The van der Waals surface area contributed by atoms with Crippen molar-refractivity contribution < 1.29 is 9.47 Å². The van der Waals surface area contributed by atoms with E-state index in [-0.39, 0.29) is 30.1 Å². The second kappa shape index (κ2) is 13.5. The van der Waals surface area contributed by atoms with Crippen LogP contribution in [0.3, 0.4) is 0 Å². The van der Waals surface area contributed by atoms with Gasteiger partial charge in [0.2, 0.25) is 0 Å². The number of guanidine groups is 1. The van der Waals surface area contributed by atoms with Gasteiger partial charge in [0.25, 0.3) is 0 Å². The highest BCUT2D eigenvalue weighted by molar-refractivity contribution is 14.0. The smallest absolute Gasteiger partial charge is 0.191 e. The number of ether oxygens (including phenoxy) is 2. The van der Waals surface area contributed by atoms with Gasteiger partial charge in [0.05, 0.1) is 12.6 Å². The second-order valence-corrected chi connectivity index (χ2v) is 7.74. The lowest BCUT2D eigenvalue weighted by Gasteiger charge is -2.15. The van der Waals surface area contributed by atoms with Crippen LogP contribution in [0.25, 0.3) is 0 Å². The van der Waals surface area contributed by atoms with E-state index in [1.54, 1.807) is 0 Å². The number of nitrogens with one attached hydrogen (secondary N) is 2. The number of hydrogen-bond acceptors (Lipinski definition) is 4. The van der Waals surface area contributed by atoms with E-state index >= 15 is 0 Å². The molecule has 7 heteroatoms. The molecule has 31 heavy (non-hydrogen) atoms. The summed E-state index contributed by atoms with van der Waals surface area (Å²) in [5.74, 6) is 1.71. The fourth-order valence-electron chi connectivity index (χ4n) is 3.36. The van der Waals surface area contributed by atoms with Gasteiger partial charge in [-0.3, -0.25) is 4.98 Å². The SMILES string of the molecule is CCNC(=NCc1ccc(C)cc1OCC1CCCO1)NCCc1ccc(C)nc1.I. The van der Waals surface area contributed by atoms with E-state index in [1.165, 1.54) is 11.1 Å². The summed E-state index contributed by atoms with van der Waals surface area (Å²) in [7, 11) is 0. The Bertz CT molecular complexity index is 821. The van der Waals surface area contributed by atoms with Crippen molar-refractivity contribution in [1.82, 2.24) is 15.6 Å². The van der Waals surface area contributed by atoms with Crippen LogP contribution in [0.2, 0.25) is 0 Å². The largest absolute Gasteiger partial charge is 0.491 e. The number of halogens is 1. The van der Waals surface area contributed by atoms with E-state index in [2.05, 4.69) is 53.7 Å². The molecule has 1 unspecified atom stereocenters. The average Bonchev–Trinajstić information content (AvgIpc) is 3.26.